The summed E-state index contributed by atoms with van der Waals surface area (Å²) in [7, 11) is 0. The van der Waals surface area contributed by atoms with Crippen LogP contribution in [0.15, 0.2) is 78.9 Å². The highest BCUT2D eigenvalue weighted by Crippen LogP contribution is 2.23. The van der Waals surface area contributed by atoms with Crippen molar-refractivity contribution < 1.29 is 9.59 Å². The second-order valence-electron chi connectivity index (χ2n) is 7.76. The Balaban J connectivity index is 1.94. The molecule has 30 heavy (non-hydrogen) atoms. The van der Waals surface area contributed by atoms with Gasteiger partial charge in [-0.1, -0.05) is 60.7 Å². The molecule has 3 aromatic carbocycles. The maximum atomic E-state index is 13.5. The molecule has 0 unspecified atom stereocenters. The van der Waals surface area contributed by atoms with E-state index in [0.29, 0.717) is 12.1 Å². The summed E-state index contributed by atoms with van der Waals surface area (Å²) in [4.78, 5) is 27.5. The van der Waals surface area contributed by atoms with Crippen molar-refractivity contribution in [3.63, 3.8) is 0 Å². The Hall–Kier alpha value is -3.40. The van der Waals surface area contributed by atoms with Crippen molar-refractivity contribution in [1.82, 2.24) is 5.32 Å². The van der Waals surface area contributed by atoms with Gasteiger partial charge in [-0.25, -0.2) is 0 Å². The summed E-state index contributed by atoms with van der Waals surface area (Å²) in [6.45, 7) is 6.28. The average Bonchev–Trinajstić information content (AvgIpc) is 2.72. The molecule has 3 rings (SSSR count). The van der Waals surface area contributed by atoms with Gasteiger partial charge in [-0.15, -0.1) is 0 Å². The predicted molar refractivity (Wildman–Crippen MR) is 122 cm³/mol. The zero-order chi connectivity index (χ0) is 21.5. The molecule has 2 amide bonds. The SMILES string of the molecule is Cc1ccccc1C(=O)N(Cc1ccccc1)c1cccc(CC(=O)NC(C)C)c1. The van der Waals surface area contributed by atoms with Gasteiger partial charge in [-0.2, -0.15) is 0 Å². The van der Waals surface area contributed by atoms with Gasteiger partial charge >= 0.3 is 0 Å². The van der Waals surface area contributed by atoms with Gasteiger partial charge in [0.2, 0.25) is 5.91 Å². The number of benzene rings is 3. The number of rotatable bonds is 7. The molecular formula is C26H28N2O2. The number of carbonyl (C=O) groups is 2. The van der Waals surface area contributed by atoms with E-state index in [9.17, 15) is 9.59 Å². The first-order chi connectivity index (χ1) is 14.4. The standard InChI is InChI=1S/C26H28N2O2/c1-19(2)27-25(29)17-22-13-9-14-23(16-22)28(18-21-11-5-4-6-12-21)26(30)24-15-8-7-10-20(24)3/h4-16,19H,17-18H2,1-3H3,(H,27,29). The third kappa shape index (κ3) is 5.57. The highest BCUT2D eigenvalue weighted by molar-refractivity contribution is 6.07. The van der Waals surface area contributed by atoms with E-state index in [0.717, 1.165) is 22.4 Å². The lowest BCUT2D eigenvalue weighted by molar-refractivity contribution is -0.120. The van der Waals surface area contributed by atoms with E-state index in [-0.39, 0.29) is 24.3 Å². The summed E-state index contributed by atoms with van der Waals surface area (Å²) in [6.07, 6.45) is 0.282. The number of carbonyl (C=O) groups excluding carboxylic acids is 2. The first-order valence-electron chi connectivity index (χ1n) is 10.2. The Morgan fingerprint density at radius 2 is 1.53 bits per heavy atom. The van der Waals surface area contributed by atoms with Crippen molar-refractivity contribution in [2.24, 2.45) is 0 Å². The van der Waals surface area contributed by atoms with Crippen molar-refractivity contribution in [2.75, 3.05) is 4.90 Å². The lowest BCUT2D eigenvalue weighted by Crippen LogP contribution is -2.32. The zero-order valence-corrected chi connectivity index (χ0v) is 17.8. The second-order valence-corrected chi connectivity index (χ2v) is 7.76. The maximum Gasteiger partial charge on any atom is 0.258 e. The van der Waals surface area contributed by atoms with E-state index >= 15 is 0 Å². The molecule has 0 fully saturated rings. The van der Waals surface area contributed by atoms with Crippen LogP contribution in [-0.4, -0.2) is 17.9 Å². The molecule has 0 aromatic heterocycles. The Morgan fingerprint density at radius 1 is 0.867 bits per heavy atom. The topological polar surface area (TPSA) is 49.4 Å². The van der Waals surface area contributed by atoms with Crippen LogP contribution < -0.4 is 10.2 Å². The minimum atomic E-state index is -0.0549. The second kappa shape index (κ2) is 9.88. The molecule has 0 bridgehead atoms. The molecule has 0 radical (unpaired) electrons. The van der Waals surface area contributed by atoms with E-state index in [1.54, 1.807) is 4.90 Å². The Kier molecular flexibility index (Phi) is 7.02. The summed E-state index contributed by atoms with van der Waals surface area (Å²) >= 11 is 0. The minimum Gasteiger partial charge on any atom is -0.354 e. The zero-order valence-electron chi connectivity index (χ0n) is 17.8. The average molecular weight is 401 g/mol. The van der Waals surface area contributed by atoms with Crippen molar-refractivity contribution >= 4 is 17.5 Å². The van der Waals surface area contributed by atoms with Crippen LogP contribution in [0, 0.1) is 6.92 Å². The van der Waals surface area contributed by atoms with Gasteiger partial charge in [0.05, 0.1) is 13.0 Å². The fourth-order valence-electron chi connectivity index (χ4n) is 3.40. The van der Waals surface area contributed by atoms with Gasteiger partial charge in [-0.05, 0) is 55.7 Å². The minimum absolute atomic E-state index is 0.0259. The monoisotopic (exact) mass is 400 g/mol. The summed E-state index contributed by atoms with van der Waals surface area (Å²) in [5, 5.41) is 2.92. The normalized spacial score (nSPS) is 10.7. The van der Waals surface area contributed by atoms with Crippen LogP contribution in [0.25, 0.3) is 0 Å². The molecular weight excluding hydrogens is 372 g/mol. The van der Waals surface area contributed by atoms with Gasteiger partial charge < -0.3 is 10.2 Å². The third-order valence-electron chi connectivity index (χ3n) is 4.84. The van der Waals surface area contributed by atoms with E-state index < -0.39 is 0 Å². The fraction of sp³-hybridized carbons (Fsp3) is 0.231. The number of hydrogen-bond donors (Lipinski definition) is 1. The molecule has 0 aliphatic rings. The molecule has 0 atom stereocenters. The molecule has 4 nitrogen and oxygen atoms in total. The quantitative estimate of drug-likeness (QED) is 0.613. The van der Waals surface area contributed by atoms with Gasteiger partial charge in [0, 0.05) is 17.3 Å². The van der Waals surface area contributed by atoms with E-state index in [2.05, 4.69) is 5.32 Å². The van der Waals surface area contributed by atoms with Crippen LogP contribution in [0.4, 0.5) is 5.69 Å². The summed E-state index contributed by atoms with van der Waals surface area (Å²) in [5.41, 5.74) is 4.31. The number of hydrogen-bond acceptors (Lipinski definition) is 2. The first kappa shape index (κ1) is 21.3. The highest BCUT2D eigenvalue weighted by atomic mass is 16.2. The van der Waals surface area contributed by atoms with Crippen LogP contribution in [0.3, 0.4) is 0 Å². The predicted octanol–water partition coefficient (Wildman–Crippen LogP) is 4.91. The van der Waals surface area contributed by atoms with Crippen LogP contribution in [0.5, 0.6) is 0 Å². The number of amides is 2. The van der Waals surface area contributed by atoms with Crippen LogP contribution in [-0.2, 0) is 17.8 Å². The lowest BCUT2D eigenvalue weighted by atomic mass is 10.1. The number of anilines is 1. The fourth-order valence-corrected chi connectivity index (χ4v) is 3.40. The highest BCUT2D eigenvalue weighted by Gasteiger charge is 2.20. The molecule has 0 heterocycles. The molecule has 0 aliphatic heterocycles. The van der Waals surface area contributed by atoms with Crippen LogP contribution in [0.1, 0.15) is 40.9 Å². The summed E-state index contributed by atoms with van der Waals surface area (Å²) in [6, 6.07) is 25.3. The Bertz CT molecular complexity index is 1010. The van der Waals surface area contributed by atoms with Crippen molar-refractivity contribution in [1.29, 1.82) is 0 Å². The smallest absolute Gasteiger partial charge is 0.258 e. The molecule has 154 valence electrons. The van der Waals surface area contributed by atoms with E-state index in [1.807, 2.05) is 99.6 Å². The molecule has 1 N–H and O–H groups in total. The molecule has 0 spiro atoms. The van der Waals surface area contributed by atoms with Gasteiger partial charge in [0.15, 0.2) is 0 Å². The number of aryl methyl sites for hydroxylation is 1. The maximum absolute atomic E-state index is 13.5. The summed E-state index contributed by atoms with van der Waals surface area (Å²) < 4.78 is 0. The number of nitrogens with one attached hydrogen (secondary N) is 1. The Morgan fingerprint density at radius 3 is 2.23 bits per heavy atom. The number of nitrogens with zero attached hydrogens (tertiary/aromatic N) is 1. The molecule has 3 aromatic rings. The van der Waals surface area contributed by atoms with E-state index in [4.69, 9.17) is 0 Å². The molecule has 0 saturated carbocycles. The first-order valence-corrected chi connectivity index (χ1v) is 10.2. The molecule has 0 aliphatic carbocycles. The van der Waals surface area contributed by atoms with Crippen LogP contribution in [0.2, 0.25) is 0 Å². The largest absolute Gasteiger partial charge is 0.354 e. The summed E-state index contributed by atoms with van der Waals surface area (Å²) in [5.74, 6) is -0.0808. The molecule has 0 saturated heterocycles. The third-order valence-corrected chi connectivity index (χ3v) is 4.84. The van der Waals surface area contributed by atoms with Crippen LogP contribution >= 0.6 is 0 Å². The van der Waals surface area contributed by atoms with Gasteiger partial charge in [0.25, 0.3) is 5.91 Å². The van der Waals surface area contributed by atoms with Crippen molar-refractivity contribution in [3.05, 3.63) is 101 Å². The van der Waals surface area contributed by atoms with Crippen molar-refractivity contribution in [3.8, 4) is 0 Å². The van der Waals surface area contributed by atoms with E-state index in [1.165, 1.54) is 0 Å². The van der Waals surface area contributed by atoms with Gasteiger partial charge in [-0.3, -0.25) is 9.59 Å². The van der Waals surface area contributed by atoms with Crippen molar-refractivity contribution in [2.45, 2.75) is 39.8 Å². The Labute approximate surface area is 178 Å². The lowest BCUT2D eigenvalue weighted by Gasteiger charge is -2.24. The van der Waals surface area contributed by atoms with Gasteiger partial charge in [0.1, 0.15) is 0 Å². The molecule has 4 heteroatoms.